The largest absolute Gasteiger partial charge is 0.507 e. The number of carbonyl (C=O) groups is 2. The molecule has 12 rings (SSSR count). The number of aryl methyl sites for hydroxylation is 1. The summed E-state index contributed by atoms with van der Waals surface area (Å²) in [4.78, 5) is 48.4. The highest BCUT2D eigenvalue weighted by atomic mass is 16.5. The fourth-order valence-electron chi connectivity index (χ4n) is 13.5. The third-order valence-corrected chi connectivity index (χ3v) is 18.0. The van der Waals surface area contributed by atoms with Crippen molar-refractivity contribution in [2.75, 3.05) is 72.8 Å². The van der Waals surface area contributed by atoms with Crippen LogP contribution in [0.5, 0.6) is 11.6 Å². The predicted molar refractivity (Wildman–Crippen MR) is 307 cm³/mol. The van der Waals surface area contributed by atoms with Crippen molar-refractivity contribution in [3.63, 3.8) is 0 Å². The van der Waals surface area contributed by atoms with Crippen LogP contribution in [0.15, 0.2) is 95.9 Å². The molecule has 5 N–H and O–H groups in total. The summed E-state index contributed by atoms with van der Waals surface area (Å²) in [7, 11) is 0. The average molecular weight is 1100 g/mol. The van der Waals surface area contributed by atoms with Crippen LogP contribution in [-0.4, -0.2) is 157 Å². The summed E-state index contributed by atoms with van der Waals surface area (Å²) >= 11 is 0. The van der Waals surface area contributed by atoms with Crippen molar-refractivity contribution >= 4 is 34.8 Å². The van der Waals surface area contributed by atoms with Crippen LogP contribution in [0.3, 0.4) is 0 Å². The van der Waals surface area contributed by atoms with Gasteiger partial charge < -0.3 is 64.3 Å². The van der Waals surface area contributed by atoms with Gasteiger partial charge in [-0.15, -0.1) is 10.2 Å². The van der Waals surface area contributed by atoms with Crippen molar-refractivity contribution < 1.29 is 33.8 Å². The number of phenols is 1. The number of aliphatic hydroxyl groups is 1. The molecule has 20 heteroatoms. The summed E-state index contributed by atoms with van der Waals surface area (Å²) in [6.45, 7) is 14.4. The SMILES string of the molecule is Cc1nccn1-c1ccc([C@H](C)NC(=O)[C@@H]2C[C@@H](O)CN2C(=O)[C@H](c2cc(N3CCC(CN4CCC(OC5CC(Oc6cc(N7C8CC[C@@H]7CN(c7cc(-c9ccccc9O)nnc7N)C8)ccn6)C5)CC4)CC3)no2)C(C)C)cc1. The second kappa shape index (κ2) is 23.3. The van der Waals surface area contributed by atoms with Crippen LogP contribution in [0.2, 0.25) is 0 Å². The maximum absolute atomic E-state index is 14.4. The van der Waals surface area contributed by atoms with Crippen LogP contribution < -0.4 is 30.5 Å². The highest BCUT2D eigenvalue weighted by Gasteiger charge is 2.45. The molecule has 2 amide bonds. The molecule has 1 saturated carbocycles. The van der Waals surface area contributed by atoms with Gasteiger partial charge in [-0.1, -0.05) is 43.3 Å². The van der Waals surface area contributed by atoms with E-state index in [-0.39, 0.29) is 60.8 Å². The van der Waals surface area contributed by atoms with Gasteiger partial charge in [-0.25, -0.2) is 9.97 Å². The molecule has 2 bridgehead atoms. The molecular formula is C61H77N13O7. The van der Waals surface area contributed by atoms with E-state index in [0.717, 1.165) is 131 Å². The van der Waals surface area contributed by atoms with Crippen LogP contribution >= 0.6 is 0 Å². The van der Waals surface area contributed by atoms with Gasteiger partial charge in [-0.3, -0.25) is 9.59 Å². The van der Waals surface area contributed by atoms with E-state index in [9.17, 15) is 19.8 Å². The van der Waals surface area contributed by atoms with Crippen LogP contribution in [-0.2, 0) is 14.3 Å². The fraction of sp³-hybridized carbons (Fsp3) is 0.525. The van der Waals surface area contributed by atoms with Crippen molar-refractivity contribution in [2.45, 2.75) is 140 Å². The minimum absolute atomic E-state index is 0.0805. The zero-order valence-electron chi connectivity index (χ0n) is 47.0. The van der Waals surface area contributed by atoms with Gasteiger partial charge in [0.15, 0.2) is 17.4 Å². The molecule has 6 aliphatic rings. The Kier molecular flexibility index (Phi) is 15.6. The quantitative estimate of drug-likeness (QED) is 0.0717. The average Bonchev–Trinajstić information content (AvgIpc) is 4.28. The van der Waals surface area contributed by atoms with E-state index in [1.54, 1.807) is 18.3 Å². The molecule has 5 saturated heterocycles. The Labute approximate surface area is 473 Å². The first-order valence-electron chi connectivity index (χ1n) is 29.3. The number of amides is 2. The zero-order valence-corrected chi connectivity index (χ0v) is 47.0. The number of anilines is 4. The molecule has 1 unspecified atom stereocenters. The van der Waals surface area contributed by atoms with Crippen LogP contribution in [0, 0.1) is 18.8 Å². The van der Waals surface area contributed by atoms with E-state index in [4.69, 9.17) is 19.7 Å². The summed E-state index contributed by atoms with van der Waals surface area (Å²) in [5.41, 5.74) is 11.5. The number of pyridine rings is 1. The molecule has 6 atom stereocenters. The number of nitrogen functional groups attached to an aromatic ring is 1. The predicted octanol–water partition coefficient (Wildman–Crippen LogP) is 7.05. The second-order valence-electron chi connectivity index (χ2n) is 23.8. The standard InChI is InChI=1S/C61H77N13O7/c1-37(2)58(61(78)73-36-46(75)28-53(73)60(77)65-38(3)41-9-11-42(12-10-41)72-26-21-63-39(72)4)55-32-56(68-81-55)70-24-16-40(17-25-70)33-69-22-18-47(19-23-69)79-48-29-49(30-48)80-57-27-43(15-20-64-57)74-44-13-14-45(74)35-71(34-44)52-31-51(66-67-59(52)62)50-7-5-6-8-54(50)76/h5-12,15,20-21,26-27,31-32,37-38,40,44-49,53,58,75-76H,13-14,16-19,22-25,28-30,33-36H2,1-4H3,(H2,62,67)(H,65,77)/t38-,44+,45?,46+,48?,49?,53-,58-/m0/s1. The van der Waals surface area contributed by atoms with E-state index < -0.39 is 18.1 Å². The molecule has 9 heterocycles. The van der Waals surface area contributed by atoms with Gasteiger partial charge in [0.2, 0.25) is 17.7 Å². The maximum atomic E-state index is 14.4. The van der Waals surface area contributed by atoms with Gasteiger partial charge in [-0.2, -0.15) is 0 Å². The molecule has 4 aromatic heterocycles. The number of nitrogens with two attached hydrogens (primary N) is 1. The van der Waals surface area contributed by atoms with E-state index >= 15 is 0 Å². The number of nitrogens with one attached hydrogen (secondary N) is 1. The molecule has 0 radical (unpaired) electrons. The number of para-hydroxylation sites is 1. The summed E-state index contributed by atoms with van der Waals surface area (Å²) in [6.07, 6.45) is 13.5. The number of piperazine rings is 1. The lowest BCUT2D eigenvalue weighted by Crippen LogP contribution is -2.54. The van der Waals surface area contributed by atoms with Gasteiger partial charge in [-0.05, 0) is 106 Å². The number of benzene rings is 2. The van der Waals surface area contributed by atoms with Gasteiger partial charge >= 0.3 is 0 Å². The number of nitrogens with zero attached hydrogens (tertiary/aromatic N) is 11. The minimum Gasteiger partial charge on any atom is -0.507 e. The molecule has 20 nitrogen and oxygen atoms in total. The normalized spacial score (nSPS) is 24.4. The summed E-state index contributed by atoms with van der Waals surface area (Å²) < 4.78 is 21.0. The van der Waals surface area contributed by atoms with Crippen molar-refractivity contribution in [3.8, 4) is 28.6 Å². The number of rotatable bonds is 17. The molecule has 5 aliphatic heterocycles. The molecule has 428 valence electrons. The lowest BCUT2D eigenvalue weighted by molar-refractivity contribution is -0.141. The first kappa shape index (κ1) is 54.3. The highest BCUT2D eigenvalue weighted by Crippen LogP contribution is 2.41. The number of fused-ring (bicyclic) bond motifs is 2. The number of aliphatic hydroxyl groups excluding tert-OH is 1. The van der Waals surface area contributed by atoms with Crippen molar-refractivity contribution in [1.29, 1.82) is 0 Å². The van der Waals surface area contributed by atoms with Crippen molar-refractivity contribution in [3.05, 3.63) is 109 Å². The third-order valence-electron chi connectivity index (χ3n) is 18.0. The van der Waals surface area contributed by atoms with Crippen molar-refractivity contribution in [2.24, 2.45) is 11.8 Å². The number of aromatic hydroxyl groups is 1. The van der Waals surface area contributed by atoms with E-state index in [0.29, 0.717) is 46.7 Å². The van der Waals surface area contributed by atoms with E-state index in [1.165, 1.54) is 4.90 Å². The molecule has 1 aliphatic carbocycles. The smallest absolute Gasteiger partial charge is 0.243 e. The number of piperidine rings is 2. The Balaban J connectivity index is 0.564. The van der Waals surface area contributed by atoms with Gasteiger partial charge in [0.05, 0.1) is 35.7 Å². The molecule has 0 spiro atoms. The first-order chi connectivity index (χ1) is 39.3. The summed E-state index contributed by atoms with van der Waals surface area (Å²) in [5, 5.41) is 37.4. The highest BCUT2D eigenvalue weighted by molar-refractivity contribution is 5.91. The number of β-amino-alcohol motifs (C(OH)–C–C–N with tert-alkyl or cyclic N) is 1. The Morgan fingerprint density at radius 3 is 2.27 bits per heavy atom. The minimum atomic E-state index is -0.807. The third kappa shape index (κ3) is 11.6. The molecule has 6 fully saturated rings. The molecule has 81 heavy (non-hydrogen) atoms. The number of aromatic nitrogens is 6. The number of imidazole rings is 1. The second-order valence-corrected chi connectivity index (χ2v) is 23.8. The first-order valence-corrected chi connectivity index (χ1v) is 29.3. The number of hydrogen-bond donors (Lipinski definition) is 4. The van der Waals surface area contributed by atoms with Crippen LogP contribution in [0.1, 0.15) is 108 Å². The van der Waals surface area contributed by atoms with Crippen LogP contribution in [0.4, 0.5) is 23.0 Å². The molecule has 2 aromatic carbocycles. The fourth-order valence-corrected chi connectivity index (χ4v) is 13.5. The zero-order chi connectivity index (χ0) is 55.9. The van der Waals surface area contributed by atoms with E-state index in [1.807, 2.05) is 93.2 Å². The number of hydrogen-bond acceptors (Lipinski definition) is 17. The monoisotopic (exact) mass is 1100 g/mol. The van der Waals surface area contributed by atoms with Crippen LogP contribution in [0.25, 0.3) is 16.9 Å². The topological polar surface area (TPSA) is 230 Å². The lowest BCUT2D eigenvalue weighted by atomic mass is 9.91. The Morgan fingerprint density at radius 1 is 0.802 bits per heavy atom. The summed E-state index contributed by atoms with van der Waals surface area (Å²) in [5.74, 6) is 2.58. The molecular weight excluding hydrogens is 1030 g/mol. The Bertz CT molecular complexity index is 3130. The number of carbonyl (C=O) groups excluding carboxylic acids is 2. The lowest BCUT2D eigenvalue weighted by Gasteiger charge is -2.43. The van der Waals surface area contributed by atoms with Crippen molar-refractivity contribution in [1.82, 2.24) is 45.0 Å². The Morgan fingerprint density at radius 2 is 1.56 bits per heavy atom. The Hall–Kier alpha value is -7.29. The van der Waals surface area contributed by atoms with E-state index in [2.05, 4.69) is 62.4 Å². The summed E-state index contributed by atoms with van der Waals surface area (Å²) in [6, 6.07) is 22.6. The van der Waals surface area contributed by atoms with Gasteiger partial charge in [0.25, 0.3) is 0 Å². The number of likely N-dealkylation sites (tertiary alicyclic amines) is 2. The molecule has 6 aromatic rings. The maximum Gasteiger partial charge on any atom is 0.243 e. The number of ether oxygens (including phenoxy) is 2. The van der Waals surface area contributed by atoms with Gasteiger partial charge in [0.1, 0.15) is 29.6 Å². The number of phenolic OH excluding ortho intramolecular Hbond substituents is 1. The van der Waals surface area contributed by atoms with Gasteiger partial charge in [0, 0.05) is 131 Å².